The molecule has 0 bridgehead atoms. The number of carbonyl (C=O) groups is 1. The van der Waals surface area contributed by atoms with Crippen LogP contribution < -0.4 is 5.32 Å². The van der Waals surface area contributed by atoms with Gasteiger partial charge in [-0.3, -0.25) is 9.36 Å². The minimum atomic E-state index is -0.269. The Balaban J connectivity index is 1.55. The van der Waals surface area contributed by atoms with Gasteiger partial charge in [-0.05, 0) is 30.3 Å². The molecular formula is C19H15ClN6O. The lowest BCUT2D eigenvalue weighted by Crippen LogP contribution is -2.24. The van der Waals surface area contributed by atoms with Crippen LogP contribution in [0.5, 0.6) is 0 Å². The van der Waals surface area contributed by atoms with E-state index >= 15 is 0 Å². The lowest BCUT2D eigenvalue weighted by Gasteiger charge is -2.11. The fourth-order valence-corrected chi connectivity index (χ4v) is 2.91. The van der Waals surface area contributed by atoms with Crippen molar-refractivity contribution in [3.05, 3.63) is 89.9 Å². The van der Waals surface area contributed by atoms with E-state index < -0.39 is 0 Å². The number of rotatable bonds is 5. The van der Waals surface area contributed by atoms with Crippen molar-refractivity contribution in [2.24, 2.45) is 0 Å². The van der Waals surface area contributed by atoms with Gasteiger partial charge in [0.25, 0.3) is 5.91 Å². The van der Waals surface area contributed by atoms with Gasteiger partial charge in [-0.25, -0.2) is 14.6 Å². The van der Waals surface area contributed by atoms with Crippen molar-refractivity contribution in [1.82, 2.24) is 29.6 Å². The number of nitrogens with zero attached hydrogens (tertiary/aromatic N) is 5. The molecule has 27 heavy (non-hydrogen) atoms. The van der Waals surface area contributed by atoms with Gasteiger partial charge in [-0.1, -0.05) is 17.7 Å². The van der Waals surface area contributed by atoms with Crippen molar-refractivity contribution in [3.63, 3.8) is 0 Å². The van der Waals surface area contributed by atoms with E-state index in [1.165, 1.54) is 0 Å². The molecule has 0 saturated heterocycles. The molecule has 0 radical (unpaired) electrons. The molecule has 0 unspecified atom stereocenters. The number of pyridine rings is 1. The molecule has 3 aromatic heterocycles. The van der Waals surface area contributed by atoms with Crippen LogP contribution >= 0.6 is 11.6 Å². The highest BCUT2D eigenvalue weighted by Gasteiger charge is 2.13. The summed E-state index contributed by atoms with van der Waals surface area (Å²) in [5.74, 6) is 0.445. The smallest absolute Gasteiger partial charge is 0.253 e. The van der Waals surface area contributed by atoms with Crippen LogP contribution in [-0.4, -0.2) is 30.2 Å². The number of carbonyl (C=O) groups excluding carboxylic acids is 1. The number of aromatic nitrogens is 5. The number of hydrogen-bond acceptors (Lipinski definition) is 4. The third-order valence-corrected chi connectivity index (χ3v) is 4.35. The van der Waals surface area contributed by atoms with Crippen LogP contribution in [0.15, 0.2) is 73.7 Å². The second-order valence-electron chi connectivity index (χ2n) is 5.75. The topological polar surface area (TPSA) is 77.6 Å². The van der Waals surface area contributed by atoms with Gasteiger partial charge in [-0.15, -0.1) is 0 Å². The number of hydrogen-bond donors (Lipinski definition) is 1. The summed E-state index contributed by atoms with van der Waals surface area (Å²) < 4.78 is 3.47. The molecule has 3 heterocycles. The summed E-state index contributed by atoms with van der Waals surface area (Å²) in [5, 5.41) is 7.46. The molecule has 1 aromatic carbocycles. The zero-order valence-electron chi connectivity index (χ0n) is 14.2. The van der Waals surface area contributed by atoms with Crippen molar-refractivity contribution >= 4 is 17.5 Å². The van der Waals surface area contributed by atoms with E-state index in [9.17, 15) is 4.79 Å². The summed E-state index contributed by atoms with van der Waals surface area (Å²) in [6.45, 7) is 0.308. The number of amides is 1. The van der Waals surface area contributed by atoms with Crippen LogP contribution in [0.1, 0.15) is 15.9 Å². The van der Waals surface area contributed by atoms with E-state index in [1.54, 1.807) is 58.7 Å². The summed E-state index contributed by atoms with van der Waals surface area (Å²) >= 11 is 6.23. The van der Waals surface area contributed by atoms with Crippen molar-refractivity contribution in [2.75, 3.05) is 0 Å². The zero-order chi connectivity index (χ0) is 18.6. The Labute approximate surface area is 160 Å². The van der Waals surface area contributed by atoms with E-state index in [4.69, 9.17) is 11.6 Å². The molecule has 4 rings (SSSR count). The first kappa shape index (κ1) is 17.0. The van der Waals surface area contributed by atoms with Crippen molar-refractivity contribution < 1.29 is 4.79 Å². The summed E-state index contributed by atoms with van der Waals surface area (Å²) in [7, 11) is 0. The lowest BCUT2D eigenvalue weighted by molar-refractivity contribution is 0.0951. The van der Waals surface area contributed by atoms with Crippen LogP contribution in [0.4, 0.5) is 0 Å². The number of halogens is 1. The van der Waals surface area contributed by atoms with Gasteiger partial charge in [0, 0.05) is 43.1 Å². The fraction of sp³-hybridized carbons (Fsp3) is 0.0526. The van der Waals surface area contributed by atoms with Crippen LogP contribution in [-0.2, 0) is 6.54 Å². The monoisotopic (exact) mass is 378 g/mol. The number of benzene rings is 1. The first-order valence-electron chi connectivity index (χ1n) is 8.22. The molecule has 7 nitrogen and oxygen atoms in total. The Kier molecular flexibility index (Phi) is 4.67. The molecular weight excluding hydrogens is 364 g/mol. The Hall–Kier alpha value is -3.45. The largest absolute Gasteiger partial charge is 0.348 e. The SMILES string of the molecule is O=C(NCc1cccnc1-n1ccnc1)c1cc(-n2cccn2)ccc1Cl. The van der Waals surface area contributed by atoms with E-state index in [0.717, 1.165) is 11.3 Å². The normalized spacial score (nSPS) is 10.7. The molecule has 0 aliphatic heterocycles. The summed E-state index contributed by atoms with van der Waals surface area (Å²) in [6, 6.07) is 10.8. The first-order chi connectivity index (χ1) is 13.2. The van der Waals surface area contributed by atoms with Gasteiger partial charge in [0.1, 0.15) is 12.1 Å². The van der Waals surface area contributed by atoms with E-state index in [1.807, 2.05) is 24.3 Å². The summed E-state index contributed by atoms with van der Waals surface area (Å²) in [4.78, 5) is 21.1. The van der Waals surface area contributed by atoms with Gasteiger partial charge in [0.15, 0.2) is 0 Å². The second kappa shape index (κ2) is 7.43. The maximum Gasteiger partial charge on any atom is 0.253 e. The predicted octanol–water partition coefficient (Wildman–Crippen LogP) is 3.04. The first-order valence-corrected chi connectivity index (χ1v) is 8.60. The average molecular weight is 379 g/mol. The van der Waals surface area contributed by atoms with Gasteiger partial charge < -0.3 is 5.32 Å². The molecule has 0 saturated carbocycles. The maximum atomic E-state index is 12.7. The quantitative estimate of drug-likeness (QED) is 0.579. The Morgan fingerprint density at radius 1 is 1.11 bits per heavy atom. The highest BCUT2D eigenvalue weighted by molar-refractivity contribution is 6.33. The van der Waals surface area contributed by atoms with Crippen LogP contribution in [0.3, 0.4) is 0 Å². The average Bonchev–Trinajstić information content (AvgIpc) is 3.40. The molecule has 1 amide bonds. The van der Waals surface area contributed by atoms with Crippen LogP contribution in [0.2, 0.25) is 5.02 Å². The second-order valence-corrected chi connectivity index (χ2v) is 6.16. The third kappa shape index (κ3) is 3.58. The summed E-state index contributed by atoms with van der Waals surface area (Å²) in [5.41, 5.74) is 2.01. The Bertz CT molecular complexity index is 1060. The summed E-state index contributed by atoms with van der Waals surface area (Å²) in [6.07, 6.45) is 10.3. The van der Waals surface area contributed by atoms with Gasteiger partial charge >= 0.3 is 0 Å². The highest BCUT2D eigenvalue weighted by atomic mass is 35.5. The Morgan fingerprint density at radius 3 is 2.81 bits per heavy atom. The van der Waals surface area contributed by atoms with Crippen LogP contribution in [0.25, 0.3) is 11.5 Å². The van der Waals surface area contributed by atoms with E-state index in [0.29, 0.717) is 22.9 Å². The lowest BCUT2D eigenvalue weighted by atomic mass is 10.1. The molecule has 0 atom stereocenters. The van der Waals surface area contributed by atoms with E-state index in [-0.39, 0.29) is 5.91 Å². The minimum Gasteiger partial charge on any atom is -0.348 e. The van der Waals surface area contributed by atoms with Crippen molar-refractivity contribution in [1.29, 1.82) is 0 Å². The molecule has 4 aromatic rings. The van der Waals surface area contributed by atoms with Crippen molar-refractivity contribution in [2.45, 2.75) is 6.54 Å². The molecule has 1 N–H and O–H groups in total. The molecule has 0 aliphatic carbocycles. The number of nitrogens with one attached hydrogen (secondary N) is 1. The van der Waals surface area contributed by atoms with Gasteiger partial charge in [0.2, 0.25) is 0 Å². The molecule has 8 heteroatoms. The molecule has 0 spiro atoms. The molecule has 134 valence electrons. The highest BCUT2D eigenvalue weighted by Crippen LogP contribution is 2.20. The predicted molar refractivity (Wildman–Crippen MR) is 101 cm³/mol. The third-order valence-electron chi connectivity index (χ3n) is 4.02. The van der Waals surface area contributed by atoms with Gasteiger partial charge in [-0.2, -0.15) is 5.10 Å². The Morgan fingerprint density at radius 2 is 2.04 bits per heavy atom. The van der Waals surface area contributed by atoms with Crippen LogP contribution in [0, 0.1) is 0 Å². The van der Waals surface area contributed by atoms with E-state index in [2.05, 4.69) is 20.4 Å². The zero-order valence-corrected chi connectivity index (χ0v) is 14.9. The number of imidazole rings is 1. The molecule has 0 aliphatic rings. The maximum absolute atomic E-state index is 12.7. The standard InChI is InChI=1S/C19H15ClN6O/c20-17-5-4-15(26-9-2-7-24-26)11-16(17)19(27)23-12-14-3-1-6-22-18(14)25-10-8-21-13-25/h1-11,13H,12H2,(H,23,27). The van der Waals surface area contributed by atoms with Gasteiger partial charge in [0.05, 0.1) is 16.3 Å². The fourth-order valence-electron chi connectivity index (χ4n) is 2.71. The van der Waals surface area contributed by atoms with Crippen molar-refractivity contribution in [3.8, 4) is 11.5 Å². The minimum absolute atomic E-state index is 0.269. The molecule has 0 fully saturated rings.